The van der Waals surface area contributed by atoms with Gasteiger partial charge in [0.2, 0.25) is 0 Å². The van der Waals surface area contributed by atoms with Crippen LogP contribution in [0.25, 0.3) is 0 Å². The molecular formula is C51H82O17P2. The number of aliphatic hydroxyl groups excluding tert-OH is 4. The van der Waals surface area contributed by atoms with Crippen molar-refractivity contribution in [3.8, 4) is 0 Å². The molecule has 0 aromatic rings. The molecule has 10 atom stereocenters. The standard InChI is InChI=1S/C51H82O17P2/c1-3-5-7-9-11-13-15-17-18-19-20-21-22-23-25-27-29-31-33-37-44(52)63-39-41(40-64-70(61,62)68-51-48(56)46(54)47(55)50(49(51)57)67-69(58,59)60)65-45(53)38-34-36-43-42(66-43)35-32-30-28-26-24-16-14-12-10-8-6-4-2/h11-14,17-18,20-21,23-26,29-32,41-43,46-51,54-57H,3-10,15-16,19,22,27-28,33-40H2,1-2H3,(H,61,62)(H2,58,59,60)/b13-11-,14-12-,18-17-,21-20-,25-23-,26-24-,31-29-,32-30-/t41-,42?,43?,46?,47?,48?,49?,50-,51+/m1/s1. The Morgan fingerprint density at radius 3 is 1.50 bits per heavy atom. The first-order chi connectivity index (χ1) is 33.6. The number of phosphoric acid groups is 2. The quantitative estimate of drug-likeness (QED) is 0.00995. The molecule has 1 saturated carbocycles. The number of epoxide rings is 1. The summed E-state index contributed by atoms with van der Waals surface area (Å²) < 4.78 is 55.1. The van der Waals surface area contributed by atoms with Crippen molar-refractivity contribution in [3.05, 3.63) is 97.2 Å². The highest BCUT2D eigenvalue weighted by atomic mass is 31.2. The van der Waals surface area contributed by atoms with Crippen molar-refractivity contribution in [2.24, 2.45) is 0 Å². The smallest absolute Gasteiger partial charge is 0.462 e. The van der Waals surface area contributed by atoms with Gasteiger partial charge in [-0.3, -0.25) is 23.2 Å². The summed E-state index contributed by atoms with van der Waals surface area (Å²) in [6, 6.07) is 0. The summed E-state index contributed by atoms with van der Waals surface area (Å²) in [5, 5.41) is 41.3. The van der Waals surface area contributed by atoms with Crippen molar-refractivity contribution in [2.75, 3.05) is 13.2 Å². The number of aliphatic hydroxyl groups is 4. The molecule has 70 heavy (non-hydrogen) atoms. The Labute approximate surface area is 415 Å². The Balaban J connectivity index is 1.85. The van der Waals surface area contributed by atoms with Crippen LogP contribution in [-0.2, 0) is 46.5 Å². The Morgan fingerprint density at radius 2 is 1.00 bits per heavy atom. The number of hydrogen-bond donors (Lipinski definition) is 7. The molecule has 0 aromatic carbocycles. The van der Waals surface area contributed by atoms with E-state index >= 15 is 0 Å². The predicted molar refractivity (Wildman–Crippen MR) is 268 cm³/mol. The molecule has 1 heterocycles. The highest BCUT2D eigenvalue weighted by molar-refractivity contribution is 7.47. The fraction of sp³-hybridized carbons (Fsp3) is 0.647. The predicted octanol–water partition coefficient (Wildman–Crippen LogP) is 8.94. The van der Waals surface area contributed by atoms with E-state index in [0.717, 1.165) is 51.4 Å². The summed E-state index contributed by atoms with van der Waals surface area (Å²) >= 11 is 0. The Kier molecular flexibility index (Phi) is 33.8. The summed E-state index contributed by atoms with van der Waals surface area (Å²) in [5.74, 6) is -1.39. The summed E-state index contributed by atoms with van der Waals surface area (Å²) in [5.41, 5.74) is 0. The molecule has 17 nitrogen and oxygen atoms in total. The first-order valence-corrected chi connectivity index (χ1v) is 27.9. The number of hydrogen-bond acceptors (Lipinski definition) is 14. The minimum atomic E-state index is -5.39. The van der Waals surface area contributed by atoms with Crippen LogP contribution in [0.1, 0.15) is 142 Å². The van der Waals surface area contributed by atoms with E-state index in [9.17, 15) is 53.8 Å². The summed E-state index contributed by atoms with van der Waals surface area (Å²) in [4.78, 5) is 54.5. The zero-order chi connectivity index (χ0) is 51.5. The number of allylic oxidation sites excluding steroid dienone is 15. The monoisotopic (exact) mass is 1030 g/mol. The van der Waals surface area contributed by atoms with Crippen LogP contribution in [-0.4, -0.2) is 115 Å². The molecule has 19 heteroatoms. The molecule has 0 amide bonds. The van der Waals surface area contributed by atoms with E-state index < -0.39 is 83.5 Å². The highest BCUT2D eigenvalue weighted by Crippen LogP contribution is 2.49. The summed E-state index contributed by atoms with van der Waals surface area (Å²) in [6.07, 6.45) is 35.3. The second kappa shape index (κ2) is 37.6. The van der Waals surface area contributed by atoms with Crippen molar-refractivity contribution in [3.63, 3.8) is 0 Å². The Hall–Kier alpha value is -3.12. The van der Waals surface area contributed by atoms with Gasteiger partial charge in [0.05, 0.1) is 18.8 Å². The van der Waals surface area contributed by atoms with Crippen molar-refractivity contribution >= 4 is 27.6 Å². The second-order valence-corrected chi connectivity index (χ2v) is 19.8. The fourth-order valence-corrected chi connectivity index (χ4v) is 8.63. The molecule has 0 radical (unpaired) electrons. The molecule has 1 aliphatic carbocycles. The average molecular weight is 1030 g/mol. The molecule has 2 rings (SSSR count). The van der Waals surface area contributed by atoms with Gasteiger partial charge in [0.15, 0.2) is 6.10 Å². The van der Waals surface area contributed by atoms with E-state index in [1.165, 1.54) is 38.5 Å². The van der Waals surface area contributed by atoms with Gasteiger partial charge >= 0.3 is 27.6 Å². The molecule has 0 bridgehead atoms. The second-order valence-electron chi connectivity index (χ2n) is 17.2. The maximum Gasteiger partial charge on any atom is 0.472 e. The maximum absolute atomic E-state index is 13.0. The van der Waals surface area contributed by atoms with Crippen molar-refractivity contribution in [1.29, 1.82) is 0 Å². The van der Waals surface area contributed by atoms with Gasteiger partial charge in [0.25, 0.3) is 0 Å². The third-order valence-corrected chi connectivity index (χ3v) is 12.6. The minimum Gasteiger partial charge on any atom is -0.462 e. The van der Waals surface area contributed by atoms with Gasteiger partial charge in [-0.2, -0.15) is 0 Å². The first-order valence-electron chi connectivity index (χ1n) is 24.9. The molecule has 1 aliphatic heterocycles. The lowest BCUT2D eigenvalue weighted by Crippen LogP contribution is -2.64. The third-order valence-electron chi connectivity index (χ3n) is 11.1. The lowest BCUT2D eigenvalue weighted by atomic mass is 9.85. The van der Waals surface area contributed by atoms with Gasteiger partial charge < -0.3 is 49.3 Å². The highest BCUT2D eigenvalue weighted by Gasteiger charge is 2.54. The van der Waals surface area contributed by atoms with Crippen molar-refractivity contribution in [1.82, 2.24) is 0 Å². The summed E-state index contributed by atoms with van der Waals surface area (Å²) in [6.45, 7) is 2.92. The molecule has 1 saturated heterocycles. The van der Waals surface area contributed by atoms with Crippen LogP contribution < -0.4 is 0 Å². The molecule has 2 fully saturated rings. The topological polar surface area (TPSA) is 269 Å². The molecule has 0 spiro atoms. The SMILES string of the molecule is CCCCC/C=C\C/C=C\C/C=C\C/C=C\C/C=C\CCC(=O)OC[C@H](COP(=O)(O)O[C@H]1C(O)C(O)C(O)[C@@H](OP(=O)(O)O)C1O)OC(=O)CCCC1OC1C/C=C\C/C=C\C/C=C\CCCCC. The first kappa shape index (κ1) is 63.0. The van der Waals surface area contributed by atoms with E-state index in [4.69, 9.17) is 23.3 Å². The van der Waals surface area contributed by atoms with Crippen molar-refractivity contribution in [2.45, 2.75) is 197 Å². The lowest BCUT2D eigenvalue weighted by molar-refractivity contribution is -0.216. The molecule has 7 unspecified atom stereocenters. The number of esters is 2. The number of carbonyl (C=O) groups is 2. The van der Waals surface area contributed by atoms with Crippen LogP contribution in [0.2, 0.25) is 0 Å². The minimum absolute atomic E-state index is 0.0248. The third kappa shape index (κ3) is 30.7. The van der Waals surface area contributed by atoms with Gasteiger partial charge in [-0.05, 0) is 89.9 Å². The molecule has 398 valence electrons. The van der Waals surface area contributed by atoms with E-state index in [0.29, 0.717) is 25.7 Å². The fourth-order valence-electron chi connectivity index (χ4n) is 7.09. The van der Waals surface area contributed by atoms with Crippen LogP contribution >= 0.6 is 15.6 Å². The molecular weight excluding hydrogens is 946 g/mol. The van der Waals surface area contributed by atoms with Crippen molar-refractivity contribution < 1.29 is 81.6 Å². The van der Waals surface area contributed by atoms with Gasteiger partial charge in [0, 0.05) is 12.8 Å². The molecule has 0 aromatic heterocycles. The zero-order valence-electron chi connectivity index (χ0n) is 41.1. The Morgan fingerprint density at radius 1 is 0.529 bits per heavy atom. The number of rotatable bonds is 39. The van der Waals surface area contributed by atoms with E-state index in [-0.39, 0.29) is 25.0 Å². The van der Waals surface area contributed by atoms with Crippen LogP contribution in [0.4, 0.5) is 0 Å². The van der Waals surface area contributed by atoms with Crippen LogP contribution in [0.5, 0.6) is 0 Å². The van der Waals surface area contributed by atoms with Crippen LogP contribution in [0, 0.1) is 0 Å². The maximum atomic E-state index is 13.0. The van der Waals surface area contributed by atoms with Gasteiger partial charge in [-0.15, -0.1) is 0 Å². The number of phosphoric ester groups is 2. The number of unbranched alkanes of at least 4 members (excludes halogenated alkanes) is 6. The lowest BCUT2D eigenvalue weighted by Gasteiger charge is -2.43. The van der Waals surface area contributed by atoms with Gasteiger partial charge in [-0.25, -0.2) is 9.13 Å². The summed E-state index contributed by atoms with van der Waals surface area (Å²) in [7, 11) is -10.7. The van der Waals surface area contributed by atoms with Gasteiger partial charge in [0.1, 0.15) is 43.2 Å². The largest absolute Gasteiger partial charge is 0.472 e. The Bertz CT molecular complexity index is 1790. The van der Waals surface area contributed by atoms with E-state index in [1.807, 2.05) is 24.3 Å². The zero-order valence-corrected chi connectivity index (χ0v) is 42.9. The average Bonchev–Trinajstić information content (AvgIpc) is 4.07. The van der Waals surface area contributed by atoms with Crippen LogP contribution in [0.15, 0.2) is 97.2 Å². The normalized spacial score (nSPS) is 24.7. The number of carbonyl (C=O) groups excluding carboxylic acids is 2. The molecule has 7 N–H and O–H groups in total. The number of ether oxygens (including phenoxy) is 3. The van der Waals surface area contributed by atoms with E-state index in [2.05, 4.69) is 91.3 Å². The van der Waals surface area contributed by atoms with Crippen LogP contribution in [0.3, 0.4) is 0 Å². The van der Waals surface area contributed by atoms with E-state index in [1.54, 1.807) is 0 Å². The molecule has 2 aliphatic rings. The van der Waals surface area contributed by atoms with Gasteiger partial charge in [-0.1, -0.05) is 137 Å².